The van der Waals surface area contributed by atoms with Gasteiger partial charge in [0.05, 0.1) is 5.69 Å². The van der Waals surface area contributed by atoms with Gasteiger partial charge < -0.3 is 0 Å². The lowest BCUT2D eigenvalue weighted by Crippen LogP contribution is -2.18. The molecule has 0 bridgehead atoms. The topological polar surface area (TPSA) is 12.9 Å². The third-order valence-electron chi connectivity index (χ3n) is 8.18. The Morgan fingerprint density at radius 1 is 0.686 bits per heavy atom. The van der Waals surface area contributed by atoms with Crippen LogP contribution in [0.4, 0.5) is 0 Å². The standard InChI is InChI=1S/C34H35N/c1-32(2,3)29-19-22(18-21-10-8-9-11-23(21)29)31-27-13-12-26-24(25(27)16-17-35-31)14-15-28-30(26)34(6,7)20-33(28,4)5/h8-19H,20H2,1-7H3. The lowest BCUT2D eigenvalue weighted by Gasteiger charge is -2.23. The van der Waals surface area contributed by atoms with Crippen molar-refractivity contribution >= 4 is 32.3 Å². The molecule has 1 aliphatic rings. The molecule has 1 aliphatic carbocycles. The maximum Gasteiger partial charge on any atom is 0.0780 e. The van der Waals surface area contributed by atoms with Gasteiger partial charge in [-0.25, -0.2) is 0 Å². The Morgan fingerprint density at radius 2 is 1.37 bits per heavy atom. The van der Waals surface area contributed by atoms with Crippen LogP contribution in [0.3, 0.4) is 0 Å². The fourth-order valence-corrected chi connectivity index (χ4v) is 6.95. The van der Waals surface area contributed by atoms with Crippen LogP contribution in [0, 0.1) is 0 Å². The largest absolute Gasteiger partial charge is 0.256 e. The summed E-state index contributed by atoms with van der Waals surface area (Å²) in [5, 5.41) is 7.86. The molecular weight excluding hydrogens is 422 g/mol. The summed E-state index contributed by atoms with van der Waals surface area (Å²) in [6.45, 7) is 16.5. The number of aromatic nitrogens is 1. The van der Waals surface area contributed by atoms with Crippen LogP contribution in [-0.2, 0) is 16.2 Å². The molecule has 0 N–H and O–H groups in total. The second-order valence-corrected chi connectivity index (χ2v) is 12.8. The predicted octanol–water partition coefficient (Wildman–Crippen LogP) is 9.46. The van der Waals surface area contributed by atoms with Crippen molar-refractivity contribution in [1.82, 2.24) is 4.98 Å². The lowest BCUT2D eigenvalue weighted by molar-refractivity contribution is 0.404. The Kier molecular flexibility index (Phi) is 4.56. The van der Waals surface area contributed by atoms with E-state index in [2.05, 4.69) is 115 Å². The van der Waals surface area contributed by atoms with Gasteiger partial charge in [-0.3, -0.25) is 4.98 Å². The molecule has 176 valence electrons. The summed E-state index contributed by atoms with van der Waals surface area (Å²) in [7, 11) is 0. The summed E-state index contributed by atoms with van der Waals surface area (Å²) in [6.07, 6.45) is 3.17. The van der Waals surface area contributed by atoms with Crippen molar-refractivity contribution in [2.45, 2.75) is 71.1 Å². The smallest absolute Gasteiger partial charge is 0.0780 e. The molecule has 0 fully saturated rings. The molecule has 35 heavy (non-hydrogen) atoms. The minimum absolute atomic E-state index is 0.0475. The molecule has 0 spiro atoms. The Labute approximate surface area is 209 Å². The van der Waals surface area contributed by atoms with Crippen molar-refractivity contribution in [2.24, 2.45) is 0 Å². The highest BCUT2D eigenvalue weighted by Gasteiger charge is 2.42. The number of nitrogens with zero attached hydrogens (tertiary/aromatic N) is 1. The number of hydrogen-bond donors (Lipinski definition) is 0. The van der Waals surface area contributed by atoms with E-state index < -0.39 is 0 Å². The van der Waals surface area contributed by atoms with Crippen LogP contribution < -0.4 is 0 Å². The Hall–Kier alpha value is -3.19. The van der Waals surface area contributed by atoms with Gasteiger partial charge in [0.1, 0.15) is 0 Å². The van der Waals surface area contributed by atoms with Gasteiger partial charge in [0, 0.05) is 17.1 Å². The van der Waals surface area contributed by atoms with Gasteiger partial charge in [-0.1, -0.05) is 97.0 Å². The Morgan fingerprint density at radius 3 is 2.14 bits per heavy atom. The first-order valence-electron chi connectivity index (χ1n) is 12.9. The van der Waals surface area contributed by atoms with Gasteiger partial charge in [-0.05, 0) is 84.5 Å². The second-order valence-electron chi connectivity index (χ2n) is 12.8. The molecule has 0 saturated carbocycles. The van der Waals surface area contributed by atoms with Gasteiger partial charge in [0.25, 0.3) is 0 Å². The SMILES string of the molecule is CC(C)(C)c1cc(-c2nccc3c2ccc2c4c(ccc23)C(C)(C)CC4(C)C)cc2ccccc12. The van der Waals surface area contributed by atoms with Crippen LogP contribution in [0.15, 0.2) is 72.9 Å². The minimum atomic E-state index is 0.0475. The molecule has 0 aliphatic heterocycles. The summed E-state index contributed by atoms with van der Waals surface area (Å²) < 4.78 is 0. The molecule has 1 heterocycles. The molecule has 0 radical (unpaired) electrons. The number of pyridine rings is 1. The van der Waals surface area contributed by atoms with E-state index in [-0.39, 0.29) is 16.2 Å². The van der Waals surface area contributed by atoms with Crippen LogP contribution in [0.25, 0.3) is 43.6 Å². The zero-order chi connectivity index (χ0) is 24.8. The predicted molar refractivity (Wildman–Crippen MR) is 152 cm³/mol. The molecule has 0 saturated heterocycles. The van der Waals surface area contributed by atoms with E-state index in [0.717, 1.165) is 5.69 Å². The summed E-state index contributed by atoms with van der Waals surface area (Å²) in [5.41, 5.74) is 7.09. The van der Waals surface area contributed by atoms with E-state index in [9.17, 15) is 0 Å². The van der Waals surface area contributed by atoms with E-state index in [1.165, 1.54) is 61.0 Å². The van der Waals surface area contributed by atoms with Gasteiger partial charge >= 0.3 is 0 Å². The number of hydrogen-bond acceptors (Lipinski definition) is 1. The highest BCUT2D eigenvalue weighted by atomic mass is 14.7. The molecule has 5 aromatic rings. The van der Waals surface area contributed by atoms with Gasteiger partial charge in [-0.2, -0.15) is 0 Å². The average Bonchev–Trinajstić information content (AvgIpc) is 3.00. The molecule has 1 heteroatoms. The Balaban J connectivity index is 1.65. The first-order valence-corrected chi connectivity index (χ1v) is 12.9. The van der Waals surface area contributed by atoms with Gasteiger partial charge in [0.2, 0.25) is 0 Å². The van der Waals surface area contributed by atoms with E-state index in [1.54, 1.807) is 0 Å². The summed E-state index contributed by atoms with van der Waals surface area (Å²) in [6, 6.07) is 25.0. The second kappa shape index (κ2) is 7.17. The molecule has 0 unspecified atom stereocenters. The van der Waals surface area contributed by atoms with E-state index in [1.807, 2.05) is 6.20 Å². The van der Waals surface area contributed by atoms with Crippen molar-refractivity contribution in [2.75, 3.05) is 0 Å². The highest BCUT2D eigenvalue weighted by Crippen LogP contribution is 2.52. The number of fused-ring (bicyclic) bond motifs is 6. The first kappa shape index (κ1) is 22.3. The van der Waals surface area contributed by atoms with Gasteiger partial charge in [0.15, 0.2) is 0 Å². The van der Waals surface area contributed by atoms with E-state index >= 15 is 0 Å². The molecule has 4 aromatic carbocycles. The fraction of sp³-hybridized carbons (Fsp3) is 0.324. The highest BCUT2D eigenvalue weighted by molar-refractivity contribution is 6.13. The maximum absolute atomic E-state index is 4.94. The zero-order valence-corrected chi connectivity index (χ0v) is 22.1. The Bertz CT molecular complexity index is 1640. The summed E-state index contributed by atoms with van der Waals surface area (Å²) >= 11 is 0. The normalized spacial score (nSPS) is 16.8. The molecule has 1 aromatic heterocycles. The lowest BCUT2D eigenvalue weighted by atomic mass is 9.81. The fourth-order valence-electron chi connectivity index (χ4n) is 6.95. The third kappa shape index (κ3) is 3.32. The molecular formula is C34H35N. The van der Waals surface area contributed by atoms with Crippen LogP contribution >= 0.6 is 0 Å². The number of rotatable bonds is 1. The van der Waals surface area contributed by atoms with Crippen LogP contribution in [0.1, 0.15) is 71.6 Å². The molecule has 6 rings (SSSR count). The van der Waals surface area contributed by atoms with E-state index in [4.69, 9.17) is 4.98 Å². The van der Waals surface area contributed by atoms with Crippen molar-refractivity contribution in [3.63, 3.8) is 0 Å². The maximum atomic E-state index is 4.94. The molecule has 0 amide bonds. The quantitative estimate of drug-likeness (QED) is 0.228. The van der Waals surface area contributed by atoms with Crippen LogP contribution in [-0.4, -0.2) is 4.98 Å². The monoisotopic (exact) mass is 457 g/mol. The van der Waals surface area contributed by atoms with Crippen molar-refractivity contribution in [3.05, 3.63) is 89.6 Å². The van der Waals surface area contributed by atoms with Crippen molar-refractivity contribution < 1.29 is 0 Å². The van der Waals surface area contributed by atoms with Crippen LogP contribution in [0.5, 0.6) is 0 Å². The van der Waals surface area contributed by atoms with Gasteiger partial charge in [-0.15, -0.1) is 0 Å². The van der Waals surface area contributed by atoms with Crippen molar-refractivity contribution in [1.29, 1.82) is 0 Å². The van der Waals surface area contributed by atoms with Crippen molar-refractivity contribution in [3.8, 4) is 11.3 Å². The molecule has 0 atom stereocenters. The molecule has 1 nitrogen and oxygen atoms in total. The summed E-state index contributed by atoms with van der Waals surface area (Å²) in [5.74, 6) is 0. The van der Waals surface area contributed by atoms with Crippen LogP contribution in [0.2, 0.25) is 0 Å². The zero-order valence-electron chi connectivity index (χ0n) is 22.1. The third-order valence-corrected chi connectivity index (χ3v) is 8.18. The summed E-state index contributed by atoms with van der Waals surface area (Å²) in [4.78, 5) is 4.94. The minimum Gasteiger partial charge on any atom is -0.256 e. The average molecular weight is 458 g/mol. The first-order chi connectivity index (χ1) is 16.5. The number of benzene rings is 4. The van der Waals surface area contributed by atoms with E-state index in [0.29, 0.717) is 0 Å².